The summed E-state index contributed by atoms with van der Waals surface area (Å²) >= 11 is 0. The first-order valence-electron chi connectivity index (χ1n) is 12.1. The molecule has 0 saturated heterocycles. The second-order valence-corrected chi connectivity index (χ2v) is 15.2. The quantitative estimate of drug-likeness (QED) is 0.288. The highest BCUT2D eigenvalue weighted by Crippen LogP contribution is 2.39. The summed E-state index contributed by atoms with van der Waals surface area (Å²) in [5.74, 6) is 1.10. The van der Waals surface area contributed by atoms with Crippen LogP contribution >= 0.6 is 0 Å². The lowest BCUT2D eigenvalue weighted by Gasteiger charge is -2.42. The van der Waals surface area contributed by atoms with E-state index in [1.54, 1.807) is 7.11 Å². The van der Waals surface area contributed by atoms with Gasteiger partial charge >= 0.3 is 5.97 Å². The maximum absolute atomic E-state index is 11.9. The Morgan fingerprint density at radius 2 is 1.82 bits per heavy atom. The molecule has 1 aromatic carbocycles. The van der Waals surface area contributed by atoms with Crippen molar-refractivity contribution < 1.29 is 28.2 Å². The second-order valence-electron chi connectivity index (χ2n) is 10.5. The highest BCUT2D eigenvalue weighted by molar-refractivity contribution is 6.74. The predicted molar refractivity (Wildman–Crippen MR) is 137 cm³/mol. The topological polar surface area (TPSA) is 75.6 Å². The minimum Gasteiger partial charge on any atom is -0.497 e. The predicted octanol–water partition coefficient (Wildman–Crippen LogP) is 5.38. The average molecular weight is 494 g/mol. The zero-order valence-electron chi connectivity index (χ0n) is 22.3. The van der Waals surface area contributed by atoms with Crippen molar-refractivity contribution in [3.8, 4) is 5.75 Å². The van der Waals surface area contributed by atoms with Gasteiger partial charge in [-0.1, -0.05) is 46.8 Å². The zero-order chi connectivity index (χ0) is 25.5. The Bertz CT molecular complexity index is 818. The summed E-state index contributed by atoms with van der Waals surface area (Å²) in [7, 11) is 0.954. The molecular weight excluding hydrogens is 450 g/mol. The van der Waals surface area contributed by atoms with Crippen LogP contribution in [0.1, 0.15) is 53.0 Å². The van der Waals surface area contributed by atoms with Crippen LogP contribution < -0.4 is 4.74 Å². The molecule has 1 aromatic rings. The van der Waals surface area contributed by atoms with Crippen LogP contribution in [-0.2, 0) is 30.0 Å². The number of nitrogens with zero attached hydrogens (tertiary/aromatic N) is 1. The van der Waals surface area contributed by atoms with E-state index in [1.807, 2.05) is 24.3 Å². The Morgan fingerprint density at radius 1 is 1.18 bits per heavy atom. The Kier molecular flexibility index (Phi) is 10.1. The highest BCUT2D eigenvalue weighted by atomic mass is 28.4. The second kappa shape index (κ2) is 12.2. The van der Waals surface area contributed by atoms with Gasteiger partial charge in [-0.3, -0.25) is 0 Å². The molecule has 8 heteroatoms. The van der Waals surface area contributed by atoms with Gasteiger partial charge in [-0.05, 0) is 42.2 Å². The van der Waals surface area contributed by atoms with Crippen molar-refractivity contribution in [2.45, 2.75) is 90.4 Å². The molecule has 192 valence electrons. The Morgan fingerprint density at radius 3 is 2.35 bits per heavy atom. The molecule has 0 fully saturated rings. The molecule has 1 heterocycles. The largest absolute Gasteiger partial charge is 0.497 e. The lowest BCUT2D eigenvalue weighted by atomic mass is 9.94. The third kappa shape index (κ3) is 7.55. The number of carbonyl (C=O) groups excluding carboxylic acids is 1. The Hall–Kier alpha value is -1.90. The molecule has 0 bridgehead atoms. The fourth-order valence-electron chi connectivity index (χ4n) is 3.66. The number of rotatable bonds is 12. The Labute approximate surface area is 206 Å². The van der Waals surface area contributed by atoms with Gasteiger partial charge < -0.3 is 23.4 Å². The van der Waals surface area contributed by atoms with Gasteiger partial charge in [-0.2, -0.15) is 0 Å². The van der Waals surface area contributed by atoms with Crippen LogP contribution in [0.25, 0.3) is 0 Å². The normalized spacial score (nSPS) is 19.1. The maximum atomic E-state index is 11.9. The van der Waals surface area contributed by atoms with Crippen LogP contribution in [0.2, 0.25) is 18.1 Å². The SMILES string of the molecule is CC[C@@H](OCc1ccc(OC)cc1)[C@@H](C)[C@H](CC1=N[C@H](C(=O)OC)CO1)O[Si](C)(C)C(C)(C)C. The minimum atomic E-state index is -2.08. The molecule has 4 atom stereocenters. The molecule has 1 aliphatic heterocycles. The molecule has 7 nitrogen and oxygen atoms in total. The summed E-state index contributed by atoms with van der Waals surface area (Å²) in [5, 5.41) is 0.0591. The molecule has 34 heavy (non-hydrogen) atoms. The van der Waals surface area contributed by atoms with E-state index in [9.17, 15) is 4.79 Å². The van der Waals surface area contributed by atoms with E-state index in [4.69, 9.17) is 23.4 Å². The van der Waals surface area contributed by atoms with Crippen molar-refractivity contribution in [1.82, 2.24) is 0 Å². The fraction of sp³-hybridized carbons (Fsp3) is 0.692. The van der Waals surface area contributed by atoms with Crippen LogP contribution in [0.15, 0.2) is 29.3 Å². The maximum Gasteiger partial charge on any atom is 0.334 e. The molecule has 0 saturated carbocycles. The molecule has 0 aromatic heterocycles. The number of esters is 1. The summed E-state index contributed by atoms with van der Waals surface area (Å²) in [5.41, 5.74) is 1.10. The van der Waals surface area contributed by atoms with Crippen LogP contribution in [0.3, 0.4) is 0 Å². The van der Waals surface area contributed by atoms with Gasteiger partial charge in [-0.25, -0.2) is 9.79 Å². The first-order chi connectivity index (χ1) is 15.9. The minimum absolute atomic E-state index is 0.00437. The fourth-order valence-corrected chi connectivity index (χ4v) is 5.07. The van der Waals surface area contributed by atoms with Crippen molar-refractivity contribution in [3.63, 3.8) is 0 Å². The summed E-state index contributed by atoms with van der Waals surface area (Å²) < 4.78 is 29.1. The molecule has 0 radical (unpaired) electrons. The molecule has 0 aliphatic carbocycles. The highest BCUT2D eigenvalue weighted by Gasteiger charge is 2.42. The summed E-state index contributed by atoms with van der Waals surface area (Å²) in [6.07, 6.45) is 1.21. The third-order valence-corrected chi connectivity index (χ3v) is 11.5. The first kappa shape index (κ1) is 28.3. The van der Waals surface area contributed by atoms with Crippen LogP contribution in [0.5, 0.6) is 5.75 Å². The van der Waals surface area contributed by atoms with Crippen molar-refractivity contribution in [2.75, 3.05) is 20.8 Å². The first-order valence-corrected chi connectivity index (χ1v) is 15.0. The van der Waals surface area contributed by atoms with E-state index in [2.05, 4.69) is 52.7 Å². The van der Waals surface area contributed by atoms with E-state index >= 15 is 0 Å². The molecule has 0 spiro atoms. The van der Waals surface area contributed by atoms with Crippen LogP contribution in [0, 0.1) is 5.92 Å². The van der Waals surface area contributed by atoms with Gasteiger partial charge in [0.25, 0.3) is 0 Å². The lowest BCUT2D eigenvalue weighted by molar-refractivity contribution is -0.142. The number of carbonyl (C=O) groups is 1. The standard InChI is InChI=1S/C26H43NO6Si/c1-10-22(31-16-19-11-13-20(29-6)14-12-19)18(2)23(33-34(8,9)26(3,4)5)15-24-27-21(17-32-24)25(28)30-7/h11-14,18,21-23H,10,15-17H2,1-9H3/t18-,21+,22-,23+/m1/s1. The number of ether oxygens (including phenoxy) is 4. The van der Waals surface area contributed by atoms with E-state index in [0.717, 1.165) is 17.7 Å². The van der Waals surface area contributed by atoms with E-state index in [-0.39, 0.29) is 35.7 Å². The number of hydrogen-bond donors (Lipinski definition) is 0. The third-order valence-electron chi connectivity index (χ3n) is 7.01. The van der Waals surface area contributed by atoms with E-state index < -0.39 is 14.4 Å². The van der Waals surface area contributed by atoms with Gasteiger partial charge in [0.2, 0.25) is 0 Å². The summed E-state index contributed by atoms with van der Waals surface area (Å²) in [6.45, 7) is 16.2. The summed E-state index contributed by atoms with van der Waals surface area (Å²) in [4.78, 5) is 16.4. The number of hydrogen-bond acceptors (Lipinski definition) is 7. The van der Waals surface area contributed by atoms with Gasteiger partial charge in [0.05, 0.1) is 33.0 Å². The monoisotopic (exact) mass is 493 g/mol. The van der Waals surface area contributed by atoms with Gasteiger partial charge in [0.15, 0.2) is 20.3 Å². The number of aliphatic imine (C=N–C) groups is 1. The molecule has 0 amide bonds. The van der Waals surface area contributed by atoms with Crippen molar-refractivity contribution >= 4 is 20.2 Å². The van der Waals surface area contributed by atoms with Crippen molar-refractivity contribution in [3.05, 3.63) is 29.8 Å². The van der Waals surface area contributed by atoms with E-state index in [0.29, 0.717) is 18.9 Å². The van der Waals surface area contributed by atoms with Crippen molar-refractivity contribution in [2.24, 2.45) is 10.9 Å². The van der Waals surface area contributed by atoms with Gasteiger partial charge in [0, 0.05) is 12.3 Å². The zero-order valence-corrected chi connectivity index (χ0v) is 23.3. The molecule has 2 rings (SSSR count). The number of methoxy groups -OCH3 is 2. The van der Waals surface area contributed by atoms with Gasteiger partial charge in [0.1, 0.15) is 12.4 Å². The molecular formula is C26H43NO6Si. The smallest absolute Gasteiger partial charge is 0.334 e. The summed E-state index contributed by atoms with van der Waals surface area (Å²) in [6, 6.07) is 7.33. The lowest BCUT2D eigenvalue weighted by Crippen LogP contribution is -2.48. The van der Waals surface area contributed by atoms with Crippen LogP contribution in [0.4, 0.5) is 0 Å². The van der Waals surface area contributed by atoms with Gasteiger partial charge in [-0.15, -0.1) is 0 Å². The molecule has 0 unspecified atom stereocenters. The van der Waals surface area contributed by atoms with E-state index in [1.165, 1.54) is 7.11 Å². The molecule has 0 N–H and O–H groups in total. The van der Waals surface area contributed by atoms with Crippen LogP contribution in [-0.4, -0.2) is 59.3 Å². The molecule has 1 aliphatic rings. The number of benzene rings is 1. The van der Waals surface area contributed by atoms with Crippen molar-refractivity contribution in [1.29, 1.82) is 0 Å². The average Bonchev–Trinajstić information content (AvgIpc) is 3.26. The Balaban J connectivity index is 2.18.